The number of rotatable bonds is 2. The number of anilines is 1. The summed E-state index contributed by atoms with van der Waals surface area (Å²) in [6.07, 6.45) is 0. The molecule has 2 aromatic rings. The molecular formula is C16H19N3OS. The molecule has 0 aliphatic heterocycles. The van der Waals surface area contributed by atoms with Gasteiger partial charge in [0, 0.05) is 17.0 Å². The first-order chi connectivity index (χ1) is 9.88. The Morgan fingerprint density at radius 2 is 1.90 bits per heavy atom. The minimum absolute atomic E-state index is 0.0978. The molecule has 0 bridgehead atoms. The van der Waals surface area contributed by atoms with E-state index in [1.54, 1.807) is 0 Å². The summed E-state index contributed by atoms with van der Waals surface area (Å²) < 4.78 is 0. The van der Waals surface area contributed by atoms with E-state index in [4.69, 9.17) is 12.2 Å². The predicted octanol–water partition coefficient (Wildman–Crippen LogP) is 3.32. The first-order valence-corrected chi connectivity index (χ1v) is 7.28. The number of carbonyl (C=O) groups is 1. The molecule has 0 radical (unpaired) electrons. The fourth-order valence-electron chi connectivity index (χ4n) is 1.98. The maximum Gasteiger partial charge on any atom is 0.228 e. The number of aromatic nitrogens is 1. The van der Waals surface area contributed by atoms with Crippen molar-refractivity contribution in [2.45, 2.75) is 27.7 Å². The number of pyridine rings is 1. The van der Waals surface area contributed by atoms with Gasteiger partial charge in [-0.1, -0.05) is 19.9 Å². The lowest BCUT2D eigenvalue weighted by atomic mass is 10.1. The number of nitrogens with zero attached hydrogens (tertiary/aromatic N) is 1. The van der Waals surface area contributed by atoms with E-state index in [0.29, 0.717) is 5.11 Å². The first-order valence-electron chi connectivity index (χ1n) is 6.87. The van der Waals surface area contributed by atoms with E-state index in [9.17, 15) is 4.79 Å². The second kappa shape index (κ2) is 6.18. The van der Waals surface area contributed by atoms with Crippen LogP contribution in [0.25, 0.3) is 10.9 Å². The maximum atomic E-state index is 11.7. The minimum atomic E-state index is -0.109. The maximum absolute atomic E-state index is 11.7. The van der Waals surface area contributed by atoms with Crippen LogP contribution in [0.4, 0.5) is 5.69 Å². The van der Waals surface area contributed by atoms with Crippen LogP contribution in [0.2, 0.25) is 0 Å². The molecule has 110 valence electrons. The van der Waals surface area contributed by atoms with E-state index in [2.05, 4.69) is 15.6 Å². The largest absolute Gasteiger partial charge is 0.332 e. The summed E-state index contributed by atoms with van der Waals surface area (Å²) in [5, 5.41) is 7.11. The Bertz CT molecular complexity index is 710. The molecule has 2 rings (SSSR count). The summed E-state index contributed by atoms with van der Waals surface area (Å²) >= 11 is 5.22. The SMILES string of the molecule is Cc1ccc2c(NC(=S)NC(=O)C(C)C)c(C)ccc2n1. The number of hydrogen-bond acceptors (Lipinski definition) is 3. The van der Waals surface area contributed by atoms with E-state index in [1.807, 2.05) is 52.0 Å². The van der Waals surface area contributed by atoms with Crippen LogP contribution in [-0.2, 0) is 4.79 Å². The van der Waals surface area contributed by atoms with Crippen molar-refractivity contribution >= 4 is 39.8 Å². The highest BCUT2D eigenvalue weighted by molar-refractivity contribution is 7.80. The summed E-state index contributed by atoms with van der Waals surface area (Å²) in [7, 11) is 0. The molecule has 1 heterocycles. The van der Waals surface area contributed by atoms with Crippen LogP contribution in [0.3, 0.4) is 0 Å². The van der Waals surface area contributed by atoms with Gasteiger partial charge >= 0.3 is 0 Å². The van der Waals surface area contributed by atoms with E-state index >= 15 is 0 Å². The Morgan fingerprint density at radius 3 is 2.57 bits per heavy atom. The fraction of sp³-hybridized carbons (Fsp3) is 0.312. The highest BCUT2D eigenvalue weighted by Crippen LogP contribution is 2.26. The zero-order valence-electron chi connectivity index (χ0n) is 12.7. The van der Waals surface area contributed by atoms with Gasteiger partial charge in [-0.05, 0) is 49.8 Å². The van der Waals surface area contributed by atoms with Crippen LogP contribution in [0.1, 0.15) is 25.1 Å². The number of carbonyl (C=O) groups excluding carboxylic acids is 1. The van der Waals surface area contributed by atoms with Crippen molar-refractivity contribution in [3.05, 3.63) is 35.5 Å². The first kappa shape index (κ1) is 15.4. The third-order valence-corrected chi connectivity index (χ3v) is 3.42. The second-order valence-corrected chi connectivity index (χ2v) is 5.78. The van der Waals surface area contributed by atoms with Crippen LogP contribution in [0.5, 0.6) is 0 Å². The molecule has 5 heteroatoms. The number of fused-ring (bicyclic) bond motifs is 1. The molecule has 2 N–H and O–H groups in total. The quantitative estimate of drug-likeness (QED) is 0.836. The van der Waals surface area contributed by atoms with Gasteiger partial charge in [0.1, 0.15) is 0 Å². The van der Waals surface area contributed by atoms with Gasteiger partial charge in [-0.2, -0.15) is 0 Å². The summed E-state index contributed by atoms with van der Waals surface area (Å²) in [6.45, 7) is 7.61. The lowest BCUT2D eigenvalue weighted by Gasteiger charge is -2.15. The van der Waals surface area contributed by atoms with E-state index < -0.39 is 0 Å². The van der Waals surface area contributed by atoms with Crippen LogP contribution in [0.15, 0.2) is 24.3 Å². The zero-order valence-corrected chi connectivity index (χ0v) is 13.5. The van der Waals surface area contributed by atoms with E-state index in [0.717, 1.165) is 27.8 Å². The van der Waals surface area contributed by atoms with E-state index in [-0.39, 0.29) is 11.8 Å². The van der Waals surface area contributed by atoms with Gasteiger partial charge in [-0.15, -0.1) is 0 Å². The average molecular weight is 301 g/mol. The highest BCUT2D eigenvalue weighted by atomic mass is 32.1. The average Bonchev–Trinajstić information content (AvgIpc) is 2.41. The molecule has 1 amide bonds. The Hall–Kier alpha value is -2.01. The smallest absolute Gasteiger partial charge is 0.228 e. The molecule has 0 atom stereocenters. The van der Waals surface area contributed by atoms with Gasteiger partial charge in [0.05, 0.1) is 11.2 Å². The fourth-order valence-corrected chi connectivity index (χ4v) is 2.18. The number of nitrogens with one attached hydrogen (secondary N) is 2. The van der Waals surface area contributed by atoms with Crippen LogP contribution in [-0.4, -0.2) is 16.0 Å². The molecule has 4 nitrogen and oxygen atoms in total. The summed E-state index contributed by atoms with van der Waals surface area (Å²) in [5.41, 5.74) is 3.80. The van der Waals surface area contributed by atoms with Gasteiger partial charge < -0.3 is 10.6 Å². The van der Waals surface area contributed by atoms with Gasteiger partial charge in [0.2, 0.25) is 5.91 Å². The topological polar surface area (TPSA) is 54.0 Å². The number of hydrogen-bond donors (Lipinski definition) is 2. The minimum Gasteiger partial charge on any atom is -0.332 e. The predicted molar refractivity (Wildman–Crippen MR) is 90.4 cm³/mol. The molecule has 1 aromatic heterocycles. The highest BCUT2D eigenvalue weighted by Gasteiger charge is 2.11. The van der Waals surface area contributed by atoms with Gasteiger partial charge in [-0.3, -0.25) is 9.78 Å². The number of benzene rings is 1. The van der Waals surface area contributed by atoms with Crippen molar-refractivity contribution in [2.75, 3.05) is 5.32 Å². The molecule has 0 spiro atoms. The third kappa shape index (κ3) is 3.55. The monoisotopic (exact) mass is 301 g/mol. The standard InChI is InChI=1S/C16H19N3OS/c1-9(2)15(20)19-16(21)18-14-10(3)5-8-13-12(14)7-6-11(4)17-13/h5-9H,1-4H3,(H2,18,19,20,21). The number of amides is 1. The van der Waals surface area contributed by atoms with Gasteiger partial charge in [0.25, 0.3) is 0 Å². The van der Waals surface area contributed by atoms with Crippen molar-refractivity contribution < 1.29 is 4.79 Å². The van der Waals surface area contributed by atoms with Crippen molar-refractivity contribution in [1.29, 1.82) is 0 Å². The number of aryl methyl sites for hydroxylation is 2. The lowest BCUT2D eigenvalue weighted by molar-refractivity contribution is -0.122. The Morgan fingerprint density at radius 1 is 1.19 bits per heavy atom. The zero-order chi connectivity index (χ0) is 15.6. The van der Waals surface area contributed by atoms with Crippen molar-refractivity contribution in [2.24, 2.45) is 5.92 Å². The molecule has 0 saturated heterocycles. The third-order valence-electron chi connectivity index (χ3n) is 3.22. The van der Waals surface area contributed by atoms with Crippen LogP contribution in [0, 0.1) is 19.8 Å². The van der Waals surface area contributed by atoms with Crippen molar-refractivity contribution in [3.63, 3.8) is 0 Å². The molecule has 0 fully saturated rings. The summed E-state index contributed by atoms with van der Waals surface area (Å²) in [6, 6.07) is 7.95. The summed E-state index contributed by atoms with van der Waals surface area (Å²) in [4.78, 5) is 16.2. The van der Waals surface area contributed by atoms with Crippen molar-refractivity contribution in [1.82, 2.24) is 10.3 Å². The van der Waals surface area contributed by atoms with E-state index in [1.165, 1.54) is 0 Å². The second-order valence-electron chi connectivity index (χ2n) is 5.37. The molecular weight excluding hydrogens is 282 g/mol. The Labute approximate surface area is 130 Å². The molecule has 1 aromatic carbocycles. The molecule has 0 unspecified atom stereocenters. The van der Waals surface area contributed by atoms with Gasteiger partial charge in [0.15, 0.2) is 5.11 Å². The molecule has 0 aliphatic carbocycles. The van der Waals surface area contributed by atoms with Gasteiger partial charge in [-0.25, -0.2) is 0 Å². The summed E-state index contributed by atoms with van der Waals surface area (Å²) in [5.74, 6) is -0.206. The van der Waals surface area contributed by atoms with Crippen LogP contribution < -0.4 is 10.6 Å². The molecule has 21 heavy (non-hydrogen) atoms. The normalized spacial score (nSPS) is 10.7. The number of thiocarbonyl (C=S) groups is 1. The molecule has 0 saturated carbocycles. The van der Waals surface area contributed by atoms with Crippen molar-refractivity contribution in [3.8, 4) is 0 Å². The molecule has 0 aliphatic rings. The Balaban J connectivity index is 2.31. The van der Waals surface area contributed by atoms with Crippen LogP contribution >= 0.6 is 12.2 Å². The lowest BCUT2D eigenvalue weighted by Crippen LogP contribution is -2.36. The Kier molecular flexibility index (Phi) is 4.53.